The van der Waals surface area contributed by atoms with Gasteiger partial charge in [0.05, 0.1) is 12.3 Å². The van der Waals surface area contributed by atoms with Crippen LogP contribution in [0.25, 0.3) is 0 Å². The monoisotopic (exact) mass is 227 g/mol. The van der Waals surface area contributed by atoms with Crippen LogP contribution >= 0.6 is 0 Å². The van der Waals surface area contributed by atoms with Crippen LogP contribution in [0.15, 0.2) is 21.7 Å². The molecule has 0 saturated carbocycles. The zero-order valence-corrected chi connectivity index (χ0v) is 8.28. The molecule has 1 aromatic heterocycles. The van der Waals surface area contributed by atoms with E-state index in [9.17, 15) is 14.9 Å². The van der Waals surface area contributed by atoms with Gasteiger partial charge in [0.25, 0.3) is 5.91 Å². The summed E-state index contributed by atoms with van der Waals surface area (Å²) >= 11 is 0. The molecule has 0 aliphatic heterocycles. The number of hydrogen-bond acceptors (Lipinski definition) is 6. The van der Waals surface area contributed by atoms with E-state index in [4.69, 9.17) is 9.52 Å². The second-order valence-corrected chi connectivity index (χ2v) is 2.84. The summed E-state index contributed by atoms with van der Waals surface area (Å²) in [4.78, 5) is 20.4. The van der Waals surface area contributed by atoms with Crippen LogP contribution in [0.4, 0.5) is 5.88 Å². The smallest absolute Gasteiger partial charge is 0.400 e. The Hall–Kier alpha value is -2.22. The Morgan fingerprint density at radius 1 is 1.75 bits per heavy atom. The van der Waals surface area contributed by atoms with Gasteiger partial charge in [0.2, 0.25) is 0 Å². The number of carbonyl (C=O) groups excluding carboxylic acids is 1. The highest BCUT2D eigenvalue weighted by molar-refractivity contribution is 5.82. The minimum atomic E-state index is -1.18. The summed E-state index contributed by atoms with van der Waals surface area (Å²) in [6.45, 7) is 1.28. The van der Waals surface area contributed by atoms with Crippen LogP contribution in [0.1, 0.15) is 12.7 Å². The van der Waals surface area contributed by atoms with Crippen molar-refractivity contribution in [2.45, 2.75) is 13.0 Å². The molecule has 0 spiro atoms. The topological polar surface area (TPSA) is 118 Å². The van der Waals surface area contributed by atoms with Gasteiger partial charge in [-0.3, -0.25) is 14.9 Å². The lowest BCUT2D eigenvalue weighted by molar-refractivity contribution is -0.402. The third-order valence-corrected chi connectivity index (χ3v) is 1.54. The standard InChI is InChI=1S/C8H9N3O5/c1-5(12)8(13)10-9-4-6-2-3-7(16-6)11(14)15/h2-5,12H,1H3,(H,10,13)/b9-4+/t5-/m0/s1. The second-order valence-electron chi connectivity index (χ2n) is 2.84. The largest absolute Gasteiger partial charge is 0.433 e. The molecule has 1 atom stereocenters. The molecule has 0 aliphatic rings. The van der Waals surface area contributed by atoms with Crippen LogP contribution in [0.5, 0.6) is 0 Å². The molecule has 16 heavy (non-hydrogen) atoms. The van der Waals surface area contributed by atoms with E-state index in [0.29, 0.717) is 0 Å². The van der Waals surface area contributed by atoms with Gasteiger partial charge in [-0.05, 0) is 13.0 Å². The van der Waals surface area contributed by atoms with Gasteiger partial charge in [0, 0.05) is 0 Å². The van der Waals surface area contributed by atoms with Crippen LogP contribution in [0.3, 0.4) is 0 Å². The van der Waals surface area contributed by atoms with Gasteiger partial charge in [-0.25, -0.2) is 5.43 Å². The molecule has 8 nitrogen and oxygen atoms in total. The van der Waals surface area contributed by atoms with Gasteiger partial charge in [-0.1, -0.05) is 0 Å². The molecule has 1 rings (SSSR count). The minimum Gasteiger partial charge on any atom is -0.400 e. The second kappa shape index (κ2) is 5.03. The van der Waals surface area contributed by atoms with Gasteiger partial charge < -0.3 is 9.52 Å². The molecular formula is C8H9N3O5. The fourth-order valence-electron chi connectivity index (χ4n) is 0.763. The molecule has 0 unspecified atom stereocenters. The van der Waals surface area contributed by atoms with Crippen LogP contribution < -0.4 is 5.43 Å². The average Bonchev–Trinajstić information content (AvgIpc) is 2.66. The van der Waals surface area contributed by atoms with Crippen molar-refractivity contribution in [3.63, 3.8) is 0 Å². The summed E-state index contributed by atoms with van der Waals surface area (Å²) in [5.41, 5.74) is 2.02. The molecule has 0 saturated heterocycles. The third-order valence-electron chi connectivity index (χ3n) is 1.54. The fourth-order valence-corrected chi connectivity index (χ4v) is 0.763. The molecular weight excluding hydrogens is 218 g/mol. The molecule has 1 amide bonds. The fraction of sp³-hybridized carbons (Fsp3) is 0.250. The number of nitrogens with zero attached hydrogens (tertiary/aromatic N) is 2. The van der Waals surface area contributed by atoms with E-state index in [1.54, 1.807) is 0 Å². The van der Waals surface area contributed by atoms with Crippen LogP contribution in [0.2, 0.25) is 0 Å². The summed E-state index contributed by atoms with van der Waals surface area (Å²) in [5.74, 6) is -0.974. The first-order valence-electron chi connectivity index (χ1n) is 4.26. The predicted molar refractivity (Wildman–Crippen MR) is 52.8 cm³/mol. The molecule has 1 aromatic rings. The third kappa shape index (κ3) is 3.17. The van der Waals surface area contributed by atoms with Gasteiger partial charge in [-0.2, -0.15) is 5.10 Å². The first-order valence-corrected chi connectivity index (χ1v) is 4.26. The van der Waals surface area contributed by atoms with Crippen LogP contribution in [0, 0.1) is 10.1 Å². The van der Waals surface area contributed by atoms with Crippen LogP contribution in [-0.4, -0.2) is 28.3 Å². The maximum atomic E-state index is 10.8. The molecule has 0 radical (unpaired) electrons. The number of furan rings is 1. The molecule has 0 aliphatic carbocycles. The lowest BCUT2D eigenvalue weighted by Gasteiger charge is -1.99. The van der Waals surface area contributed by atoms with E-state index < -0.39 is 22.8 Å². The number of rotatable bonds is 4. The highest BCUT2D eigenvalue weighted by Crippen LogP contribution is 2.13. The quantitative estimate of drug-likeness (QED) is 0.427. The number of hydrazone groups is 1. The van der Waals surface area contributed by atoms with Crippen molar-refractivity contribution in [1.82, 2.24) is 5.43 Å². The highest BCUT2D eigenvalue weighted by atomic mass is 16.6. The summed E-state index contributed by atoms with van der Waals surface area (Å²) in [6, 6.07) is 2.49. The van der Waals surface area contributed by atoms with E-state index in [1.807, 2.05) is 5.43 Å². The highest BCUT2D eigenvalue weighted by Gasteiger charge is 2.10. The summed E-state index contributed by atoms with van der Waals surface area (Å²) in [5, 5.41) is 22.5. The number of aliphatic hydroxyl groups excluding tert-OH is 1. The van der Waals surface area contributed by atoms with Crippen molar-refractivity contribution in [1.29, 1.82) is 0 Å². The normalized spacial score (nSPS) is 12.6. The van der Waals surface area contributed by atoms with Gasteiger partial charge in [-0.15, -0.1) is 0 Å². The Morgan fingerprint density at radius 2 is 2.44 bits per heavy atom. The van der Waals surface area contributed by atoms with Crippen molar-refractivity contribution in [2.24, 2.45) is 5.10 Å². The zero-order valence-electron chi connectivity index (χ0n) is 8.28. The van der Waals surface area contributed by atoms with Crippen molar-refractivity contribution < 1.29 is 19.2 Å². The molecule has 1 heterocycles. The molecule has 2 N–H and O–H groups in total. The number of nitro groups is 1. The van der Waals surface area contributed by atoms with E-state index in [0.717, 1.165) is 12.3 Å². The lowest BCUT2D eigenvalue weighted by atomic mass is 10.4. The predicted octanol–water partition coefficient (Wildman–Crippen LogP) is 0.0187. The first-order chi connectivity index (χ1) is 7.50. The van der Waals surface area contributed by atoms with Gasteiger partial charge >= 0.3 is 5.88 Å². The molecule has 0 fully saturated rings. The number of nitrogens with one attached hydrogen (secondary N) is 1. The van der Waals surface area contributed by atoms with E-state index >= 15 is 0 Å². The average molecular weight is 227 g/mol. The number of aliphatic hydroxyl groups is 1. The number of amides is 1. The Kier molecular flexibility index (Phi) is 3.72. The minimum absolute atomic E-state index is 0.123. The van der Waals surface area contributed by atoms with Crippen LogP contribution in [-0.2, 0) is 4.79 Å². The summed E-state index contributed by atoms with van der Waals surface area (Å²) in [6.07, 6.45) is -0.0871. The van der Waals surface area contributed by atoms with Crippen molar-refractivity contribution in [2.75, 3.05) is 0 Å². The number of carbonyl (C=O) groups is 1. The lowest BCUT2D eigenvalue weighted by Crippen LogP contribution is -2.28. The Bertz CT molecular complexity index is 423. The maximum absolute atomic E-state index is 10.8. The van der Waals surface area contributed by atoms with E-state index in [-0.39, 0.29) is 5.76 Å². The van der Waals surface area contributed by atoms with E-state index in [2.05, 4.69) is 5.10 Å². The molecule has 0 aromatic carbocycles. The zero-order chi connectivity index (χ0) is 12.1. The van der Waals surface area contributed by atoms with E-state index in [1.165, 1.54) is 13.0 Å². The van der Waals surface area contributed by atoms with Crippen molar-refractivity contribution in [3.05, 3.63) is 28.0 Å². The Labute approximate surface area is 89.7 Å². The van der Waals surface area contributed by atoms with Crippen molar-refractivity contribution in [3.8, 4) is 0 Å². The summed E-state index contributed by atoms with van der Waals surface area (Å²) in [7, 11) is 0. The Morgan fingerprint density at radius 3 is 2.94 bits per heavy atom. The maximum Gasteiger partial charge on any atom is 0.433 e. The number of hydrogen-bond donors (Lipinski definition) is 2. The molecule has 86 valence electrons. The Balaban J connectivity index is 2.56. The summed E-state index contributed by atoms with van der Waals surface area (Å²) < 4.78 is 4.73. The van der Waals surface area contributed by atoms with Gasteiger partial charge in [0.1, 0.15) is 11.0 Å². The first kappa shape index (κ1) is 11.9. The SMILES string of the molecule is C[C@H](O)C(=O)N/N=C/c1ccc([N+](=O)[O-])o1. The van der Waals surface area contributed by atoms with Gasteiger partial charge in [0.15, 0.2) is 5.76 Å². The van der Waals surface area contributed by atoms with Crippen molar-refractivity contribution >= 4 is 18.0 Å². The molecule has 8 heteroatoms. The molecule has 0 bridgehead atoms.